The normalized spacial score (nSPS) is 11.1. The summed E-state index contributed by atoms with van der Waals surface area (Å²) in [6, 6.07) is 3.93. The summed E-state index contributed by atoms with van der Waals surface area (Å²) in [6.07, 6.45) is 0. The van der Waals surface area contributed by atoms with Crippen LogP contribution >= 0.6 is 0 Å². The van der Waals surface area contributed by atoms with Crippen molar-refractivity contribution in [2.45, 2.75) is 20.4 Å². The second-order valence-electron chi connectivity index (χ2n) is 3.76. The number of aromatic nitrogens is 2. The number of hydrogen-bond acceptors (Lipinski definition) is 2. The van der Waals surface area contributed by atoms with Gasteiger partial charge in [-0.3, -0.25) is 4.57 Å². The molecule has 1 aromatic carbocycles. The van der Waals surface area contributed by atoms with Crippen molar-refractivity contribution in [1.82, 2.24) is 9.55 Å². The third-order valence-corrected chi connectivity index (χ3v) is 2.71. The van der Waals surface area contributed by atoms with Crippen LogP contribution in [0.2, 0.25) is 0 Å². The number of imidazole rings is 1. The first-order chi connectivity index (χ1) is 7.13. The Kier molecular flexibility index (Phi) is 2.36. The summed E-state index contributed by atoms with van der Waals surface area (Å²) in [7, 11) is 0. The number of aliphatic hydroxyl groups excluding tert-OH is 1. The van der Waals surface area contributed by atoms with E-state index in [0.29, 0.717) is 6.54 Å². The monoisotopic (exact) mass is 206 g/mol. The van der Waals surface area contributed by atoms with Gasteiger partial charge in [0.2, 0.25) is 0 Å². The van der Waals surface area contributed by atoms with E-state index in [0.717, 1.165) is 22.2 Å². The minimum absolute atomic E-state index is 0.0280. The zero-order chi connectivity index (χ0) is 11.0. The molecule has 0 spiro atoms. The Morgan fingerprint density at radius 2 is 2.00 bits per heavy atom. The number of nitrogens with zero attached hydrogens (tertiary/aromatic N) is 1. The zero-order valence-electron chi connectivity index (χ0n) is 8.87. The molecule has 80 valence electrons. The lowest BCUT2D eigenvalue weighted by Gasteiger charge is -2.03. The standard InChI is InChI=1S/C11H14N2O2/c1-7-5-9-10(6-8(7)2)13(3-4-14)11(15)12-9/h5-6,14H,3-4H2,1-2H3,(H,12,15). The number of aryl methyl sites for hydroxylation is 2. The van der Waals surface area contributed by atoms with Gasteiger partial charge in [0.25, 0.3) is 0 Å². The first-order valence-corrected chi connectivity index (χ1v) is 4.94. The summed E-state index contributed by atoms with van der Waals surface area (Å²) in [5, 5.41) is 8.87. The summed E-state index contributed by atoms with van der Waals surface area (Å²) in [6.45, 7) is 4.33. The SMILES string of the molecule is Cc1cc2[nH]c(=O)n(CCO)c2cc1C. The number of H-pyrrole nitrogens is 1. The van der Waals surface area contributed by atoms with Gasteiger partial charge in [-0.05, 0) is 37.1 Å². The lowest BCUT2D eigenvalue weighted by Crippen LogP contribution is -2.18. The maximum absolute atomic E-state index is 11.5. The molecule has 0 bridgehead atoms. The summed E-state index contributed by atoms with van der Waals surface area (Å²) in [4.78, 5) is 14.3. The highest BCUT2D eigenvalue weighted by molar-refractivity contribution is 5.77. The average molecular weight is 206 g/mol. The lowest BCUT2D eigenvalue weighted by atomic mass is 10.1. The molecule has 2 N–H and O–H groups in total. The van der Waals surface area contributed by atoms with Crippen molar-refractivity contribution in [3.05, 3.63) is 33.7 Å². The molecule has 0 fully saturated rings. The van der Waals surface area contributed by atoms with E-state index in [1.54, 1.807) is 4.57 Å². The van der Waals surface area contributed by atoms with Crippen molar-refractivity contribution in [3.8, 4) is 0 Å². The number of nitrogens with one attached hydrogen (secondary N) is 1. The smallest absolute Gasteiger partial charge is 0.326 e. The number of aliphatic hydroxyl groups is 1. The van der Waals surface area contributed by atoms with Crippen molar-refractivity contribution in [3.63, 3.8) is 0 Å². The van der Waals surface area contributed by atoms with Crippen LogP contribution in [-0.4, -0.2) is 21.3 Å². The average Bonchev–Trinajstić information content (AvgIpc) is 2.46. The topological polar surface area (TPSA) is 58.0 Å². The summed E-state index contributed by atoms with van der Waals surface area (Å²) in [5.41, 5.74) is 3.82. The third kappa shape index (κ3) is 1.57. The number of benzene rings is 1. The van der Waals surface area contributed by atoms with E-state index in [-0.39, 0.29) is 12.3 Å². The molecular weight excluding hydrogens is 192 g/mol. The van der Waals surface area contributed by atoms with Crippen LogP contribution in [0, 0.1) is 13.8 Å². The quantitative estimate of drug-likeness (QED) is 0.768. The van der Waals surface area contributed by atoms with Gasteiger partial charge < -0.3 is 10.1 Å². The summed E-state index contributed by atoms with van der Waals surface area (Å²) < 4.78 is 1.56. The van der Waals surface area contributed by atoms with Crippen LogP contribution in [0.15, 0.2) is 16.9 Å². The van der Waals surface area contributed by atoms with Crippen LogP contribution in [0.4, 0.5) is 0 Å². The minimum Gasteiger partial charge on any atom is -0.395 e. The molecule has 0 unspecified atom stereocenters. The predicted octanol–water partition coefficient (Wildman–Crippen LogP) is 0.939. The van der Waals surface area contributed by atoms with Crippen molar-refractivity contribution in [1.29, 1.82) is 0 Å². The maximum atomic E-state index is 11.5. The van der Waals surface area contributed by atoms with Gasteiger partial charge in [0.05, 0.1) is 24.2 Å². The zero-order valence-corrected chi connectivity index (χ0v) is 8.87. The van der Waals surface area contributed by atoms with Gasteiger partial charge in [0, 0.05) is 0 Å². The van der Waals surface area contributed by atoms with Crippen LogP contribution in [0.25, 0.3) is 11.0 Å². The largest absolute Gasteiger partial charge is 0.395 e. The molecule has 2 rings (SSSR count). The molecule has 4 heteroatoms. The summed E-state index contributed by atoms with van der Waals surface area (Å²) in [5.74, 6) is 0. The van der Waals surface area contributed by atoms with Crippen LogP contribution in [0.1, 0.15) is 11.1 Å². The van der Waals surface area contributed by atoms with Crippen molar-refractivity contribution in [2.75, 3.05) is 6.61 Å². The Hall–Kier alpha value is -1.55. The fourth-order valence-electron chi connectivity index (χ4n) is 1.74. The van der Waals surface area contributed by atoms with Gasteiger partial charge in [0.15, 0.2) is 0 Å². The van der Waals surface area contributed by atoms with Crippen LogP contribution in [-0.2, 0) is 6.54 Å². The van der Waals surface area contributed by atoms with Crippen molar-refractivity contribution < 1.29 is 5.11 Å². The van der Waals surface area contributed by atoms with Gasteiger partial charge in [-0.2, -0.15) is 0 Å². The number of fused-ring (bicyclic) bond motifs is 1. The molecule has 4 nitrogen and oxygen atoms in total. The highest BCUT2D eigenvalue weighted by Crippen LogP contribution is 2.16. The van der Waals surface area contributed by atoms with E-state index >= 15 is 0 Å². The van der Waals surface area contributed by atoms with E-state index in [2.05, 4.69) is 4.98 Å². The van der Waals surface area contributed by atoms with Crippen molar-refractivity contribution in [2.24, 2.45) is 0 Å². The molecular formula is C11H14N2O2. The highest BCUT2D eigenvalue weighted by atomic mass is 16.3. The van der Waals surface area contributed by atoms with Crippen LogP contribution in [0.5, 0.6) is 0 Å². The predicted molar refractivity (Wildman–Crippen MR) is 59.1 cm³/mol. The Balaban J connectivity index is 2.76. The van der Waals surface area contributed by atoms with E-state index in [9.17, 15) is 4.79 Å². The highest BCUT2D eigenvalue weighted by Gasteiger charge is 2.07. The minimum atomic E-state index is -0.163. The fraction of sp³-hybridized carbons (Fsp3) is 0.364. The van der Waals surface area contributed by atoms with Gasteiger partial charge in [-0.15, -0.1) is 0 Å². The molecule has 15 heavy (non-hydrogen) atoms. The molecule has 0 aliphatic rings. The molecule has 2 aromatic rings. The maximum Gasteiger partial charge on any atom is 0.326 e. The molecule has 0 saturated heterocycles. The van der Waals surface area contributed by atoms with E-state index in [4.69, 9.17) is 5.11 Å². The number of hydrogen-bond donors (Lipinski definition) is 2. The second kappa shape index (κ2) is 3.55. The number of rotatable bonds is 2. The van der Waals surface area contributed by atoms with E-state index in [1.165, 1.54) is 0 Å². The van der Waals surface area contributed by atoms with E-state index < -0.39 is 0 Å². The molecule has 1 heterocycles. The van der Waals surface area contributed by atoms with Crippen LogP contribution < -0.4 is 5.69 Å². The molecule has 0 saturated carbocycles. The fourth-order valence-corrected chi connectivity index (χ4v) is 1.74. The van der Waals surface area contributed by atoms with E-state index in [1.807, 2.05) is 26.0 Å². The molecule has 0 aliphatic heterocycles. The number of aromatic amines is 1. The Morgan fingerprint density at radius 3 is 2.67 bits per heavy atom. The first kappa shape index (κ1) is 9.98. The molecule has 1 aromatic heterocycles. The molecule has 0 aliphatic carbocycles. The second-order valence-corrected chi connectivity index (χ2v) is 3.76. The van der Waals surface area contributed by atoms with Gasteiger partial charge in [-0.1, -0.05) is 0 Å². The van der Waals surface area contributed by atoms with Gasteiger partial charge in [-0.25, -0.2) is 4.79 Å². The lowest BCUT2D eigenvalue weighted by molar-refractivity contribution is 0.276. The van der Waals surface area contributed by atoms with Crippen molar-refractivity contribution >= 4 is 11.0 Å². The third-order valence-electron chi connectivity index (χ3n) is 2.71. The summed E-state index contributed by atoms with van der Waals surface area (Å²) >= 11 is 0. The first-order valence-electron chi connectivity index (χ1n) is 4.94. The molecule has 0 atom stereocenters. The van der Waals surface area contributed by atoms with Gasteiger partial charge in [0.1, 0.15) is 0 Å². The van der Waals surface area contributed by atoms with Crippen LogP contribution in [0.3, 0.4) is 0 Å². The molecule has 0 amide bonds. The molecule has 0 radical (unpaired) electrons. The Labute approximate surface area is 87.2 Å². The Morgan fingerprint density at radius 1 is 1.33 bits per heavy atom. The van der Waals surface area contributed by atoms with Gasteiger partial charge >= 0.3 is 5.69 Å². The Bertz CT molecular complexity index is 551.